The van der Waals surface area contributed by atoms with Gasteiger partial charge in [-0.2, -0.15) is 11.8 Å². The smallest absolute Gasteiger partial charge is 0.0157 e. The van der Waals surface area contributed by atoms with Gasteiger partial charge >= 0.3 is 0 Å². The first-order valence-electron chi connectivity index (χ1n) is 5.51. The summed E-state index contributed by atoms with van der Waals surface area (Å²) in [4.78, 5) is 0. The van der Waals surface area contributed by atoms with Crippen molar-refractivity contribution in [2.75, 3.05) is 12.0 Å². The summed E-state index contributed by atoms with van der Waals surface area (Å²) in [5, 5.41) is 3.72. The maximum absolute atomic E-state index is 3.72. The van der Waals surface area contributed by atoms with E-state index in [1.165, 1.54) is 31.4 Å². The first-order valence-corrected chi connectivity index (χ1v) is 6.90. The molecule has 0 aliphatic heterocycles. The molecule has 1 fully saturated rings. The van der Waals surface area contributed by atoms with E-state index >= 15 is 0 Å². The molecule has 1 N–H and O–H groups in total. The first-order chi connectivity index (χ1) is 6.26. The Morgan fingerprint density at radius 3 is 2.62 bits per heavy atom. The van der Waals surface area contributed by atoms with E-state index in [1.54, 1.807) is 0 Å². The van der Waals surface area contributed by atoms with E-state index < -0.39 is 0 Å². The molecule has 1 aliphatic carbocycles. The molecule has 1 aliphatic rings. The quantitative estimate of drug-likeness (QED) is 0.680. The molecule has 2 heteroatoms. The summed E-state index contributed by atoms with van der Waals surface area (Å²) >= 11 is 1.95. The third kappa shape index (κ3) is 4.92. The third-order valence-electron chi connectivity index (χ3n) is 2.76. The van der Waals surface area contributed by atoms with E-state index in [0.29, 0.717) is 0 Å². The summed E-state index contributed by atoms with van der Waals surface area (Å²) in [6.45, 7) is 4.61. The minimum Gasteiger partial charge on any atom is -0.311 e. The Kier molecular flexibility index (Phi) is 5.18. The summed E-state index contributed by atoms with van der Waals surface area (Å²) in [7, 11) is 0. The Bertz CT molecular complexity index is 134. The molecule has 2 atom stereocenters. The second kappa shape index (κ2) is 5.92. The van der Waals surface area contributed by atoms with Gasteiger partial charge in [0.15, 0.2) is 0 Å². The van der Waals surface area contributed by atoms with Crippen molar-refractivity contribution in [3.8, 4) is 0 Å². The molecule has 1 nitrogen and oxygen atoms in total. The Morgan fingerprint density at radius 2 is 2.15 bits per heavy atom. The average Bonchev–Trinajstić information content (AvgIpc) is 2.87. The van der Waals surface area contributed by atoms with Gasteiger partial charge in [0, 0.05) is 17.8 Å². The van der Waals surface area contributed by atoms with Gasteiger partial charge in [-0.15, -0.1) is 0 Å². The molecule has 1 rings (SSSR count). The number of hydrogen-bond acceptors (Lipinski definition) is 2. The lowest BCUT2D eigenvalue weighted by Gasteiger charge is -2.21. The summed E-state index contributed by atoms with van der Waals surface area (Å²) in [6.07, 6.45) is 7.80. The van der Waals surface area contributed by atoms with Gasteiger partial charge in [0.2, 0.25) is 0 Å². The van der Waals surface area contributed by atoms with Crippen molar-refractivity contribution in [3.05, 3.63) is 0 Å². The number of thioether (sulfide) groups is 1. The zero-order chi connectivity index (χ0) is 9.68. The molecule has 0 amide bonds. The molecule has 1 saturated carbocycles. The zero-order valence-corrected chi connectivity index (χ0v) is 9.99. The summed E-state index contributed by atoms with van der Waals surface area (Å²) < 4.78 is 0. The largest absolute Gasteiger partial charge is 0.311 e. The van der Waals surface area contributed by atoms with Crippen molar-refractivity contribution < 1.29 is 0 Å². The minimum atomic E-state index is 0.726. The molecule has 0 bridgehead atoms. The van der Waals surface area contributed by atoms with Crippen molar-refractivity contribution in [3.63, 3.8) is 0 Å². The summed E-state index contributed by atoms with van der Waals surface area (Å²) in [5.74, 6) is 2.31. The summed E-state index contributed by atoms with van der Waals surface area (Å²) in [6, 6.07) is 1.45. The molecule has 0 aromatic heterocycles. The lowest BCUT2D eigenvalue weighted by molar-refractivity contribution is 0.427. The molecule has 13 heavy (non-hydrogen) atoms. The van der Waals surface area contributed by atoms with Crippen LogP contribution in [0.2, 0.25) is 0 Å². The number of nitrogens with one attached hydrogen (secondary N) is 1. The second-order valence-electron chi connectivity index (χ2n) is 4.31. The van der Waals surface area contributed by atoms with Gasteiger partial charge < -0.3 is 5.32 Å². The van der Waals surface area contributed by atoms with Gasteiger partial charge in [-0.3, -0.25) is 0 Å². The molecule has 2 unspecified atom stereocenters. The normalized spacial score (nSPS) is 21.5. The van der Waals surface area contributed by atoms with Crippen molar-refractivity contribution in [2.24, 2.45) is 5.92 Å². The molecular formula is C11H23NS. The predicted molar refractivity (Wildman–Crippen MR) is 62.4 cm³/mol. The second-order valence-corrected chi connectivity index (χ2v) is 5.22. The Morgan fingerprint density at radius 1 is 1.46 bits per heavy atom. The van der Waals surface area contributed by atoms with Crippen molar-refractivity contribution in [1.29, 1.82) is 0 Å². The molecule has 78 valence electrons. The van der Waals surface area contributed by atoms with E-state index in [1.807, 2.05) is 11.8 Å². The van der Waals surface area contributed by atoms with Crippen LogP contribution < -0.4 is 5.32 Å². The van der Waals surface area contributed by atoms with Gasteiger partial charge in [-0.1, -0.05) is 19.8 Å². The molecule has 0 saturated heterocycles. The van der Waals surface area contributed by atoms with Crippen molar-refractivity contribution >= 4 is 11.8 Å². The van der Waals surface area contributed by atoms with Crippen LogP contribution in [-0.4, -0.2) is 24.1 Å². The van der Waals surface area contributed by atoms with E-state index in [4.69, 9.17) is 0 Å². The van der Waals surface area contributed by atoms with Gasteiger partial charge in [0.25, 0.3) is 0 Å². The van der Waals surface area contributed by atoms with Gasteiger partial charge in [-0.25, -0.2) is 0 Å². The van der Waals surface area contributed by atoms with E-state index in [9.17, 15) is 0 Å². The highest BCUT2D eigenvalue weighted by Crippen LogP contribution is 2.33. The van der Waals surface area contributed by atoms with Gasteiger partial charge in [0.05, 0.1) is 0 Å². The maximum atomic E-state index is 3.72. The lowest BCUT2D eigenvalue weighted by Crippen LogP contribution is -2.38. The maximum Gasteiger partial charge on any atom is 0.0157 e. The SMILES string of the molecule is CCC(CSC)NC(C)CC1CC1. The molecule has 0 heterocycles. The fraction of sp³-hybridized carbons (Fsp3) is 1.00. The zero-order valence-electron chi connectivity index (χ0n) is 9.18. The third-order valence-corrected chi connectivity index (χ3v) is 3.50. The molecule has 0 aromatic rings. The fourth-order valence-corrected chi connectivity index (χ4v) is 2.54. The van der Waals surface area contributed by atoms with Crippen LogP contribution in [-0.2, 0) is 0 Å². The first kappa shape index (κ1) is 11.4. The highest BCUT2D eigenvalue weighted by molar-refractivity contribution is 7.98. The van der Waals surface area contributed by atoms with Crippen LogP contribution in [0.5, 0.6) is 0 Å². The Hall–Kier alpha value is 0.310. The van der Waals surface area contributed by atoms with Crippen LogP contribution in [0.3, 0.4) is 0 Å². The van der Waals surface area contributed by atoms with Crippen LogP contribution in [0.1, 0.15) is 39.5 Å². The average molecular weight is 201 g/mol. The van der Waals surface area contributed by atoms with Gasteiger partial charge in [-0.05, 0) is 31.9 Å². The summed E-state index contributed by atoms with van der Waals surface area (Å²) in [5.41, 5.74) is 0. The standard InChI is InChI=1S/C11H23NS/c1-4-11(8-13-3)12-9(2)7-10-5-6-10/h9-12H,4-8H2,1-3H3. The van der Waals surface area contributed by atoms with Crippen molar-refractivity contribution in [2.45, 2.75) is 51.6 Å². The van der Waals surface area contributed by atoms with Gasteiger partial charge in [0.1, 0.15) is 0 Å². The Labute approximate surface area is 87.1 Å². The monoisotopic (exact) mass is 201 g/mol. The topological polar surface area (TPSA) is 12.0 Å². The lowest BCUT2D eigenvalue weighted by atomic mass is 10.1. The van der Waals surface area contributed by atoms with Crippen LogP contribution in [0.25, 0.3) is 0 Å². The van der Waals surface area contributed by atoms with Crippen LogP contribution in [0.4, 0.5) is 0 Å². The van der Waals surface area contributed by atoms with E-state index in [2.05, 4.69) is 25.4 Å². The molecular weight excluding hydrogens is 178 g/mol. The van der Waals surface area contributed by atoms with E-state index in [0.717, 1.165) is 18.0 Å². The number of hydrogen-bond donors (Lipinski definition) is 1. The highest BCUT2D eigenvalue weighted by atomic mass is 32.2. The predicted octanol–water partition coefficient (Wildman–Crippen LogP) is 2.91. The molecule has 0 radical (unpaired) electrons. The van der Waals surface area contributed by atoms with Crippen LogP contribution in [0, 0.1) is 5.92 Å². The fourth-order valence-electron chi connectivity index (χ4n) is 1.81. The van der Waals surface area contributed by atoms with E-state index in [-0.39, 0.29) is 0 Å². The van der Waals surface area contributed by atoms with Crippen LogP contribution in [0.15, 0.2) is 0 Å². The molecule has 0 spiro atoms. The molecule has 0 aromatic carbocycles. The number of rotatable bonds is 7. The highest BCUT2D eigenvalue weighted by Gasteiger charge is 2.24. The Balaban J connectivity index is 2.10. The van der Waals surface area contributed by atoms with Crippen molar-refractivity contribution in [1.82, 2.24) is 5.32 Å². The van der Waals surface area contributed by atoms with Crippen LogP contribution >= 0.6 is 11.8 Å². The minimum absolute atomic E-state index is 0.726.